The number of hydrogen-bond acceptors (Lipinski definition) is 4. The van der Waals surface area contributed by atoms with Gasteiger partial charge in [-0.2, -0.15) is 5.10 Å². The van der Waals surface area contributed by atoms with E-state index in [9.17, 15) is 9.59 Å². The Morgan fingerprint density at radius 3 is 2.52 bits per heavy atom. The Kier molecular flexibility index (Phi) is 5.21. The number of rotatable bonds is 4. The monoisotopic (exact) mass is 344 g/mol. The Hall–Kier alpha value is -2.57. The highest BCUT2D eigenvalue weighted by atomic mass is 16.6. The average Bonchev–Trinajstić information content (AvgIpc) is 2.96. The van der Waals surface area contributed by atoms with Crippen LogP contribution in [0.4, 0.5) is 4.79 Å². The summed E-state index contributed by atoms with van der Waals surface area (Å²) in [4.78, 5) is 27.6. The molecule has 0 aliphatic carbocycles. The molecule has 1 fully saturated rings. The van der Waals surface area contributed by atoms with Gasteiger partial charge in [-0.25, -0.2) is 4.79 Å². The van der Waals surface area contributed by atoms with Crippen molar-refractivity contribution in [3.8, 4) is 0 Å². The zero-order valence-corrected chi connectivity index (χ0v) is 14.8. The van der Waals surface area contributed by atoms with Crippen LogP contribution in [0.25, 0.3) is 10.9 Å². The lowest BCUT2D eigenvalue weighted by molar-refractivity contribution is -0.133. The molecule has 1 aromatic carbocycles. The number of carbonyl (C=O) groups excluding carboxylic acids is 2. The molecule has 0 atom stereocenters. The third-order valence-corrected chi connectivity index (χ3v) is 4.54. The molecule has 134 valence electrons. The van der Waals surface area contributed by atoms with Crippen LogP contribution in [0.5, 0.6) is 0 Å². The van der Waals surface area contributed by atoms with Crippen molar-refractivity contribution in [2.75, 3.05) is 32.8 Å². The molecule has 7 nitrogen and oxygen atoms in total. The van der Waals surface area contributed by atoms with Crippen LogP contribution in [0.2, 0.25) is 0 Å². The van der Waals surface area contributed by atoms with Crippen LogP contribution >= 0.6 is 0 Å². The second-order valence-electron chi connectivity index (χ2n) is 6.14. The maximum atomic E-state index is 12.5. The van der Waals surface area contributed by atoms with E-state index in [4.69, 9.17) is 4.74 Å². The van der Waals surface area contributed by atoms with Gasteiger partial charge in [0, 0.05) is 38.0 Å². The summed E-state index contributed by atoms with van der Waals surface area (Å²) in [6.07, 6.45) is 0.109. The molecule has 0 saturated carbocycles. The van der Waals surface area contributed by atoms with E-state index < -0.39 is 0 Å². The van der Waals surface area contributed by atoms with Gasteiger partial charge in [0.1, 0.15) is 0 Å². The first-order chi connectivity index (χ1) is 12.1. The molecule has 2 heterocycles. The molecule has 0 radical (unpaired) electrons. The van der Waals surface area contributed by atoms with Crippen molar-refractivity contribution in [2.24, 2.45) is 0 Å². The van der Waals surface area contributed by atoms with Gasteiger partial charge in [-0.15, -0.1) is 0 Å². The largest absolute Gasteiger partial charge is 0.450 e. The zero-order chi connectivity index (χ0) is 17.8. The molecule has 1 saturated heterocycles. The summed E-state index contributed by atoms with van der Waals surface area (Å²) < 4.78 is 6.90. The second kappa shape index (κ2) is 7.55. The topological polar surface area (TPSA) is 67.7 Å². The lowest BCUT2D eigenvalue weighted by Crippen LogP contribution is -2.50. The number of hydrogen-bond donors (Lipinski definition) is 0. The lowest BCUT2D eigenvalue weighted by Gasteiger charge is -2.34. The molecule has 3 rings (SSSR count). The van der Waals surface area contributed by atoms with Crippen molar-refractivity contribution in [1.82, 2.24) is 19.6 Å². The Balaban J connectivity index is 1.54. The van der Waals surface area contributed by atoms with Crippen LogP contribution < -0.4 is 0 Å². The maximum absolute atomic E-state index is 12.5. The van der Waals surface area contributed by atoms with Crippen LogP contribution in [-0.2, 0) is 16.1 Å². The van der Waals surface area contributed by atoms with Crippen LogP contribution in [-0.4, -0.2) is 64.4 Å². The van der Waals surface area contributed by atoms with Gasteiger partial charge in [0.25, 0.3) is 0 Å². The van der Waals surface area contributed by atoms with Crippen LogP contribution in [0.1, 0.15) is 19.0 Å². The molecule has 0 bridgehead atoms. The molecule has 0 N–H and O–H groups in total. The fourth-order valence-corrected chi connectivity index (χ4v) is 3.18. The van der Waals surface area contributed by atoms with Crippen LogP contribution in [0.3, 0.4) is 0 Å². The minimum absolute atomic E-state index is 0.0979. The fraction of sp³-hybridized carbons (Fsp3) is 0.500. The van der Waals surface area contributed by atoms with Crippen molar-refractivity contribution in [2.45, 2.75) is 26.8 Å². The van der Waals surface area contributed by atoms with Gasteiger partial charge in [-0.3, -0.25) is 9.48 Å². The predicted octanol–water partition coefficient (Wildman–Crippen LogP) is 2.04. The number of piperazine rings is 1. The van der Waals surface area contributed by atoms with Gasteiger partial charge in [-0.1, -0.05) is 18.2 Å². The quantitative estimate of drug-likeness (QED) is 0.851. The molecule has 0 unspecified atom stereocenters. The normalized spacial score (nSPS) is 14.8. The molecule has 2 amide bonds. The van der Waals surface area contributed by atoms with Crippen molar-refractivity contribution < 1.29 is 14.3 Å². The van der Waals surface area contributed by atoms with E-state index in [0.29, 0.717) is 45.8 Å². The van der Waals surface area contributed by atoms with Crippen molar-refractivity contribution >= 4 is 22.9 Å². The summed E-state index contributed by atoms with van der Waals surface area (Å²) in [5.41, 5.74) is 2.03. The summed E-state index contributed by atoms with van der Waals surface area (Å²) in [5, 5.41) is 5.66. The van der Waals surface area contributed by atoms with Crippen LogP contribution in [0, 0.1) is 6.92 Å². The van der Waals surface area contributed by atoms with E-state index in [1.165, 1.54) is 0 Å². The first-order valence-corrected chi connectivity index (χ1v) is 8.71. The summed E-state index contributed by atoms with van der Waals surface area (Å²) in [6.45, 7) is 6.85. The summed E-state index contributed by atoms with van der Waals surface area (Å²) in [6, 6.07) is 8.05. The number of amides is 2. The lowest BCUT2D eigenvalue weighted by atomic mass is 10.2. The number of aryl methyl sites for hydroxylation is 2. The highest BCUT2D eigenvalue weighted by molar-refractivity contribution is 5.82. The number of benzene rings is 1. The first-order valence-electron chi connectivity index (χ1n) is 8.71. The molecule has 2 aromatic rings. The zero-order valence-electron chi connectivity index (χ0n) is 14.8. The molecule has 1 aromatic heterocycles. The standard InChI is InChI=1S/C18H24N4O3/c1-3-25-18(24)21-12-10-20(11-13-21)17(23)8-9-22-16-7-5-4-6-15(16)14(2)19-22/h4-7H,3,8-13H2,1-2H3. The van der Waals surface area contributed by atoms with E-state index in [2.05, 4.69) is 5.10 Å². The summed E-state index contributed by atoms with van der Waals surface area (Å²) >= 11 is 0. The second-order valence-corrected chi connectivity index (χ2v) is 6.14. The number of aromatic nitrogens is 2. The van der Waals surface area contributed by atoms with Gasteiger partial charge >= 0.3 is 6.09 Å². The van der Waals surface area contributed by atoms with Crippen LogP contribution in [0.15, 0.2) is 24.3 Å². The van der Waals surface area contributed by atoms with E-state index >= 15 is 0 Å². The molecular formula is C18H24N4O3. The first kappa shape index (κ1) is 17.3. The number of fused-ring (bicyclic) bond motifs is 1. The SMILES string of the molecule is CCOC(=O)N1CCN(C(=O)CCn2nc(C)c3ccccc32)CC1. The Morgan fingerprint density at radius 1 is 1.12 bits per heavy atom. The van der Waals surface area contributed by atoms with Gasteiger partial charge < -0.3 is 14.5 Å². The van der Waals surface area contributed by atoms with E-state index in [1.54, 1.807) is 11.8 Å². The number of nitrogens with zero attached hydrogens (tertiary/aromatic N) is 4. The van der Waals surface area contributed by atoms with Crippen molar-refractivity contribution in [3.63, 3.8) is 0 Å². The summed E-state index contributed by atoms with van der Waals surface area (Å²) in [7, 11) is 0. The highest BCUT2D eigenvalue weighted by Crippen LogP contribution is 2.18. The Bertz CT molecular complexity index is 763. The van der Waals surface area contributed by atoms with Gasteiger partial charge in [0.15, 0.2) is 0 Å². The number of ether oxygens (including phenoxy) is 1. The summed E-state index contributed by atoms with van der Waals surface area (Å²) in [5.74, 6) is 0.0979. The smallest absolute Gasteiger partial charge is 0.409 e. The predicted molar refractivity (Wildman–Crippen MR) is 94.3 cm³/mol. The fourth-order valence-electron chi connectivity index (χ4n) is 3.18. The molecule has 0 spiro atoms. The van der Waals surface area contributed by atoms with Gasteiger partial charge in [-0.05, 0) is 19.9 Å². The minimum atomic E-state index is -0.298. The van der Waals surface area contributed by atoms with Crippen molar-refractivity contribution in [3.05, 3.63) is 30.0 Å². The molecule has 25 heavy (non-hydrogen) atoms. The van der Waals surface area contributed by atoms with E-state index in [-0.39, 0.29) is 12.0 Å². The maximum Gasteiger partial charge on any atom is 0.409 e. The van der Waals surface area contributed by atoms with E-state index in [0.717, 1.165) is 16.6 Å². The molecule has 7 heteroatoms. The Labute approximate surface area is 147 Å². The third-order valence-electron chi connectivity index (χ3n) is 4.54. The highest BCUT2D eigenvalue weighted by Gasteiger charge is 2.24. The van der Waals surface area contributed by atoms with Gasteiger partial charge in [0.05, 0.1) is 24.4 Å². The molecular weight excluding hydrogens is 320 g/mol. The van der Waals surface area contributed by atoms with Gasteiger partial charge in [0.2, 0.25) is 5.91 Å². The van der Waals surface area contributed by atoms with Crippen molar-refractivity contribution in [1.29, 1.82) is 0 Å². The molecule has 1 aliphatic heterocycles. The molecule has 1 aliphatic rings. The third kappa shape index (κ3) is 3.75. The Morgan fingerprint density at radius 2 is 1.80 bits per heavy atom. The van der Waals surface area contributed by atoms with E-state index in [1.807, 2.05) is 40.8 Å². The number of carbonyl (C=O) groups is 2. The minimum Gasteiger partial charge on any atom is -0.450 e. The number of para-hydroxylation sites is 1. The average molecular weight is 344 g/mol.